The number of hydrogen-bond acceptors (Lipinski definition) is 1. The van der Waals surface area contributed by atoms with E-state index in [-0.39, 0.29) is 5.41 Å². The first kappa shape index (κ1) is 8.89. The molecular weight excluding hydrogens is 130 g/mol. The van der Waals surface area contributed by atoms with Gasteiger partial charge in [-0.1, -0.05) is 33.0 Å². The normalized spacial score (nSPS) is 11.4. The van der Waals surface area contributed by atoms with Gasteiger partial charge in [-0.15, -0.1) is 0 Å². The molecule has 0 aromatic heterocycles. The maximum Gasteiger partial charge on any atom is 0.0787 e. The molecule has 0 aromatic carbocycles. The average molecular weight is 145 g/mol. The van der Waals surface area contributed by atoms with Gasteiger partial charge in [-0.2, -0.15) is 0 Å². The smallest absolute Gasteiger partial charge is 0.0787 e. The zero-order chi connectivity index (χ0) is 7.49. The highest BCUT2D eigenvalue weighted by Crippen LogP contribution is 2.24. The lowest BCUT2D eigenvalue weighted by Crippen LogP contribution is -2.31. The molecule has 0 aliphatic heterocycles. The van der Waals surface area contributed by atoms with E-state index in [2.05, 4.69) is 20.8 Å². The molecule has 0 bridgehead atoms. The van der Waals surface area contributed by atoms with Gasteiger partial charge in [0.1, 0.15) is 0 Å². The summed E-state index contributed by atoms with van der Waals surface area (Å²) >= 11 is 4.91. The van der Waals surface area contributed by atoms with Crippen LogP contribution in [0.4, 0.5) is 0 Å². The number of hydrogen-bond donors (Lipinski definition) is 1. The van der Waals surface area contributed by atoms with Gasteiger partial charge in [0.05, 0.1) is 4.99 Å². The van der Waals surface area contributed by atoms with Gasteiger partial charge in [0.2, 0.25) is 0 Å². The van der Waals surface area contributed by atoms with Crippen LogP contribution in [0.25, 0.3) is 0 Å². The standard InChI is InChI=1S/C7H15NS/c1-4-7(3,5-2)6(8)9/h4-5H2,1-3H3,(H2,8,9). The lowest BCUT2D eigenvalue weighted by atomic mass is 9.85. The molecule has 0 radical (unpaired) electrons. The molecule has 54 valence electrons. The van der Waals surface area contributed by atoms with E-state index in [0.29, 0.717) is 4.99 Å². The van der Waals surface area contributed by atoms with Crippen LogP contribution in [0, 0.1) is 5.41 Å². The molecule has 0 aromatic rings. The molecule has 0 fully saturated rings. The molecule has 0 atom stereocenters. The summed E-state index contributed by atoms with van der Waals surface area (Å²) in [5.41, 5.74) is 5.62. The van der Waals surface area contributed by atoms with Gasteiger partial charge in [0, 0.05) is 5.41 Å². The van der Waals surface area contributed by atoms with Gasteiger partial charge in [0.25, 0.3) is 0 Å². The van der Waals surface area contributed by atoms with E-state index in [1.165, 1.54) is 0 Å². The minimum Gasteiger partial charge on any atom is -0.393 e. The second-order valence-electron chi connectivity index (χ2n) is 2.63. The van der Waals surface area contributed by atoms with Crippen molar-refractivity contribution in [3.05, 3.63) is 0 Å². The molecule has 0 saturated carbocycles. The first-order chi connectivity index (χ1) is 4.06. The highest BCUT2D eigenvalue weighted by atomic mass is 32.1. The van der Waals surface area contributed by atoms with E-state index in [0.717, 1.165) is 12.8 Å². The lowest BCUT2D eigenvalue weighted by molar-refractivity contribution is 0.436. The van der Waals surface area contributed by atoms with Crippen molar-refractivity contribution in [3.63, 3.8) is 0 Å². The minimum atomic E-state index is 0.0926. The monoisotopic (exact) mass is 145 g/mol. The van der Waals surface area contributed by atoms with Crippen LogP contribution in [-0.2, 0) is 0 Å². The van der Waals surface area contributed by atoms with Crippen molar-refractivity contribution in [3.8, 4) is 0 Å². The Morgan fingerprint density at radius 3 is 1.78 bits per heavy atom. The van der Waals surface area contributed by atoms with E-state index in [9.17, 15) is 0 Å². The first-order valence-corrected chi connectivity index (χ1v) is 3.77. The molecule has 0 saturated heterocycles. The molecule has 1 nitrogen and oxygen atoms in total. The number of thiocarbonyl (C=S) groups is 1. The topological polar surface area (TPSA) is 26.0 Å². The molecule has 2 N–H and O–H groups in total. The van der Waals surface area contributed by atoms with Crippen LogP contribution in [0.2, 0.25) is 0 Å². The summed E-state index contributed by atoms with van der Waals surface area (Å²) in [6.45, 7) is 6.33. The molecule has 2 heteroatoms. The second kappa shape index (κ2) is 3.16. The van der Waals surface area contributed by atoms with E-state index in [1.807, 2.05) is 0 Å². The Labute approximate surface area is 62.6 Å². The van der Waals surface area contributed by atoms with Crippen molar-refractivity contribution < 1.29 is 0 Å². The summed E-state index contributed by atoms with van der Waals surface area (Å²) in [5.74, 6) is 0. The fourth-order valence-electron chi connectivity index (χ4n) is 0.598. The predicted octanol–water partition coefficient (Wildman–Crippen LogP) is 2.10. The molecule has 9 heavy (non-hydrogen) atoms. The van der Waals surface area contributed by atoms with Gasteiger partial charge in [-0.3, -0.25) is 0 Å². The van der Waals surface area contributed by atoms with Crippen LogP contribution in [-0.4, -0.2) is 4.99 Å². The summed E-state index contributed by atoms with van der Waals surface area (Å²) in [5, 5.41) is 0. The van der Waals surface area contributed by atoms with Crippen molar-refractivity contribution in [2.45, 2.75) is 33.6 Å². The van der Waals surface area contributed by atoms with Crippen LogP contribution in [0.5, 0.6) is 0 Å². The van der Waals surface area contributed by atoms with Gasteiger partial charge >= 0.3 is 0 Å². The quantitative estimate of drug-likeness (QED) is 0.615. The lowest BCUT2D eigenvalue weighted by Gasteiger charge is -2.24. The van der Waals surface area contributed by atoms with Gasteiger partial charge in [-0.25, -0.2) is 0 Å². The summed E-state index contributed by atoms with van der Waals surface area (Å²) < 4.78 is 0. The van der Waals surface area contributed by atoms with Crippen molar-refractivity contribution in [2.75, 3.05) is 0 Å². The molecule has 0 amide bonds. The molecule has 0 rings (SSSR count). The predicted molar refractivity (Wildman–Crippen MR) is 45.5 cm³/mol. The molecule has 0 unspecified atom stereocenters. The Hall–Kier alpha value is -0.110. The third-order valence-electron chi connectivity index (χ3n) is 2.16. The highest BCUT2D eigenvalue weighted by Gasteiger charge is 2.22. The van der Waals surface area contributed by atoms with E-state index >= 15 is 0 Å². The first-order valence-electron chi connectivity index (χ1n) is 3.36. The third kappa shape index (κ3) is 1.94. The zero-order valence-corrected chi connectivity index (χ0v) is 7.22. The van der Waals surface area contributed by atoms with Crippen LogP contribution in [0.15, 0.2) is 0 Å². The highest BCUT2D eigenvalue weighted by molar-refractivity contribution is 7.80. The van der Waals surface area contributed by atoms with E-state index in [4.69, 9.17) is 18.0 Å². The fraction of sp³-hybridized carbons (Fsp3) is 0.857. The maximum absolute atomic E-state index is 5.52. The molecule has 0 aliphatic rings. The Kier molecular flexibility index (Phi) is 3.12. The van der Waals surface area contributed by atoms with Crippen molar-refractivity contribution in [1.29, 1.82) is 0 Å². The Morgan fingerprint density at radius 1 is 1.44 bits per heavy atom. The maximum atomic E-state index is 5.52. The molecule has 0 heterocycles. The summed E-state index contributed by atoms with van der Waals surface area (Å²) in [6, 6.07) is 0. The van der Waals surface area contributed by atoms with Crippen molar-refractivity contribution in [1.82, 2.24) is 0 Å². The van der Waals surface area contributed by atoms with Crippen LogP contribution in [0.3, 0.4) is 0 Å². The van der Waals surface area contributed by atoms with Gasteiger partial charge < -0.3 is 5.73 Å². The Balaban J connectivity index is 4.09. The van der Waals surface area contributed by atoms with E-state index < -0.39 is 0 Å². The SMILES string of the molecule is CCC(C)(CC)C(N)=S. The van der Waals surface area contributed by atoms with Crippen molar-refractivity contribution >= 4 is 17.2 Å². The summed E-state index contributed by atoms with van der Waals surface area (Å²) in [4.78, 5) is 0.646. The van der Waals surface area contributed by atoms with E-state index in [1.54, 1.807) is 0 Å². The molecular formula is C7H15NS. The van der Waals surface area contributed by atoms with Crippen LogP contribution in [0.1, 0.15) is 33.6 Å². The largest absolute Gasteiger partial charge is 0.393 e. The minimum absolute atomic E-state index is 0.0926. The molecule has 0 aliphatic carbocycles. The van der Waals surface area contributed by atoms with Gasteiger partial charge in [-0.05, 0) is 12.8 Å². The molecule has 0 spiro atoms. The fourth-order valence-corrected chi connectivity index (χ4v) is 0.887. The number of rotatable bonds is 3. The third-order valence-corrected chi connectivity index (χ3v) is 2.65. The second-order valence-corrected chi connectivity index (χ2v) is 3.07. The van der Waals surface area contributed by atoms with Crippen LogP contribution < -0.4 is 5.73 Å². The Morgan fingerprint density at radius 2 is 1.78 bits per heavy atom. The zero-order valence-electron chi connectivity index (χ0n) is 6.40. The average Bonchev–Trinajstić information content (AvgIpc) is 1.86. The summed E-state index contributed by atoms with van der Waals surface area (Å²) in [6.07, 6.45) is 2.08. The summed E-state index contributed by atoms with van der Waals surface area (Å²) in [7, 11) is 0. The van der Waals surface area contributed by atoms with Gasteiger partial charge in [0.15, 0.2) is 0 Å². The van der Waals surface area contributed by atoms with Crippen LogP contribution >= 0.6 is 12.2 Å². The number of nitrogens with two attached hydrogens (primary N) is 1. The Bertz CT molecular complexity index is 105. The van der Waals surface area contributed by atoms with Crippen molar-refractivity contribution in [2.24, 2.45) is 11.1 Å².